The number of rotatable bonds is 3. The number of nitrogens with one attached hydrogen (secondary N) is 1. The molecule has 0 radical (unpaired) electrons. The van der Waals surface area contributed by atoms with Gasteiger partial charge in [0.15, 0.2) is 4.88 Å². The highest BCUT2D eigenvalue weighted by Crippen LogP contribution is 2.38. The molecule has 3 aromatic rings. The maximum atomic E-state index is 11.2. The Morgan fingerprint density at radius 1 is 1.47 bits per heavy atom. The topological polar surface area (TPSA) is 75.2 Å². The van der Waals surface area contributed by atoms with Crippen molar-refractivity contribution in [1.82, 2.24) is 9.97 Å². The summed E-state index contributed by atoms with van der Waals surface area (Å²) in [6.45, 7) is 0. The van der Waals surface area contributed by atoms with Crippen LogP contribution >= 0.6 is 11.3 Å². The van der Waals surface area contributed by atoms with Gasteiger partial charge < -0.3 is 14.8 Å². The van der Waals surface area contributed by atoms with E-state index in [9.17, 15) is 4.79 Å². The van der Waals surface area contributed by atoms with E-state index in [0.29, 0.717) is 5.75 Å². The molecular weight excluding hydrogens is 264 g/mol. The summed E-state index contributed by atoms with van der Waals surface area (Å²) in [6.07, 6.45) is 3.50. The van der Waals surface area contributed by atoms with Gasteiger partial charge in [0, 0.05) is 28.2 Å². The standard InChI is InChI=1S/C13H10N2O3S/c1-18-9-6-10(19-11(9)13(16)17)7-2-4-14-12-8(7)3-5-15-12/h2-6H,1H3,(H,14,15)(H,16,17). The normalized spacial score (nSPS) is 10.8. The van der Waals surface area contributed by atoms with E-state index >= 15 is 0 Å². The van der Waals surface area contributed by atoms with Gasteiger partial charge in [-0.3, -0.25) is 0 Å². The fourth-order valence-corrected chi connectivity index (χ4v) is 2.99. The van der Waals surface area contributed by atoms with Crippen molar-refractivity contribution in [2.45, 2.75) is 0 Å². The van der Waals surface area contributed by atoms with E-state index in [2.05, 4.69) is 9.97 Å². The molecule has 5 nitrogen and oxygen atoms in total. The quantitative estimate of drug-likeness (QED) is 0.769. The Morgan fingerprint density at radius 2 is 2.32 bits per heavy atom. The van der Waals surface area contributed by atoms with E-state index in [1.165, 1.54) is 18.4 Å². The fourth-order valence-electron chi connectivity index (χ4n) is 1.98. The summed E-state index contributed by atoms with van der Waals surface area (Å²) in [5.74, 6) is -0.597. The monoisotopic (exact) mass is 274 g/mol. The van der Waals surface area contributed by atoms with E-state index in [-0.39, 0.29) is 4.88 Å². The molecule has 0 amide bonds. The number of carbonyl (C=O) groups is 1. The summed E-state index contributed by atoms with van der Waals surface area (Å²) in [4.78, 5) is 19.5. The van der Waals surface area contributed by atoms with Crippen molar-refractivity contribution < 1.29 is 14.6 Å². The molecule has 0 bridgehead atoms. The molecule has 19 heavy (non-hydrogen) atoms. The molecule has 6 heteroatoms. The molecule has 3 rings (SSSR count). The van der Waals surface area contributed by atoms with Crippen LogP contribution in [0.5, 0.6) is 5.75 Å². The second-order valence-corrected chi connectivity index (χ2v) is 4.96. The second-order valence-electron chi connectivity index (χ2n) is 3.91. The largest absolute Gasteiger partial charge is 0.495 e. The van der Waals surface area contributed by atoms with Gasteiger partial charge in [0.1, 0.15) is 11.4 Å². The van der Waals surface area contributed by atoms with Gasteiger partial charge >= 0.3 is 5.97 Å². The van der Waals surface area contributed by atoms with Gasteiger partial charge in [-0.2, -0.15) is 0 Å². The van der Waals surface area contributed by atoms with Crippen molar-refractivity contribution >= 4 is 28.3 Å². The van der Waals surface area contributed by atoms with E-state index in [1.807, 2.05) is 18.3 Å². The number of aromatic nitrogens is 2. The smallest absolute Gasteiger partial charge is 0.349 e. The van der Waals surface area contributed by atoms with Gasteiger partial charge in [0.2, 0.25) is 0 Å². The van der Waals surface area contributed by atoms with Crippen molar-refractivity contribution in [1.29, 1.82) is 0 Å². The molecule has 3 heterocycles. The van der Waals surface area contributed by atoms with E-state index in [0.717, 1.165) is 21.5 Å². The van der Waals surface area contributed by atoms with Crippen LogP contribution in [0.15, 0.2) is 30.6 Å². The lowest BCUT2D eigenvalue weighted by atomic mass is 10.1. The number of hydrogen-bond acceptors (Lipinski definition) is 4. The number of H-pyrrole nitrogens is 1. The van der Waals surface area contributed by atoms with Crippen molar-refractivity contribution in [2.75, 3.05) is 7.11 Å². The lowest BCUT2D eigenvalue weighted by Crippen LogP contribution is -1.94. The van der Waals surface area contributed by atoms with Crippen LogP contribution in [-0.2, 0) is 0 Å². The number of aromatic carboxylic acids is 1. The molecule has 0 saturated carbocycles. The van der Waals surface area contributed by atoms with Gasteiger partial charge in [-0.1, -0.05) is 0 Å². The first-order valence-corrected chi connectivity index (χ1v) is 6.36. The van der Waals surface area contributed by atoms with Crippen LogP contribution in [0.1, 0.15) is 9.67 Å². The predicted molar refractivity (Wildman–Crippen MR) is 72.9 cm³/mol. The van der Waals surface area contributed by atoms with Crippen LogP contribution < -0.4 is 4.74 Å². The molecule has 2 N–H and O–H groups in total. The molecule has 96 valence electrons. The number of ether oxygens (including phenoxy) is 1. The highest BCUT2D eigenvalue weighted by molar-refractivity contribution is 7.17. The first kappa shape index (κ1) is 11.7. The molecule has 0 unspecified atom stereocenters. The van der Waals surface area contributed by atoms with Gasteiger partial charge in [-0.25, -0.2) is 9.78 Å². The molecular formula is C13H10N2O3S. The van der Waals surface area contributed by atoms with Crippen LogP contribution in [0.2, 0.25) is 0 Å². The van der Waals surface area contributed by atoms with E-state index < -0.39 is 5.97 Å². The van der Waals surface area contributed by atoms with Gasteiger partial charge in [0.05, 0.1) is 7.11 Å². The number of carboxylic acid groups (broad SMARTS) is 1. The average molecular weight is 274 g/mol. The average Bonchev–Trinajstić information content (AvgIpc) is 3.04. The summed E-state index contributed by atoms with van der Waals surface area (Å²) >= 11 is 1.20. The number of nitrogens with zero attached hydrogens (tertiary/aromatic N) is 1. The number of methoxy groups -OCH3 is 1. The Labute approximate surface area is 112 Å². The molecule has 3 aromatic heterocycles. The van der Waals surface area contributed by atoms with Crippen molar-refractivity contribution in [3.05, 3.63) is 35.5 Å². The molecule has 0 aromatic carbocycles. The summed E-state index contributed by atoms with van der Waals surface area (Å²) < 4.78 is 5.11. The lowest BCUT2D eigenvalue weighted by Gasteiger charge is -1.98. The molecule has 0 aliphatic rings. The zero-order valence-corrected chi connectivity index (χ0v) is 10.8. The maximum absolute atomic E-state index is 11.2. The Kier molecular flexibility index (Phi) is 2.72. The minimum atomic E-state index is -0.979. The molecule has 0 aliphatic heterocycles. The van der Waals surface area contributed by atoms with Gasteiger partial charge in [-0.05, 0) is 18.2 Å². The predicted octanol–water partition coefficient (Wildman–Crippen LogP) is 3.00. The van der Waals surface area contributed by atoms with Crippen LogP contribution in [0.3, 0.4) is 0 Å². The molecule has 0 fully saturated rings. The van der Waals surface area contributed by atoms with Crippen LogP contribution in [0.4, 0.5) is 0 Å². The summed E-state index contributed by atoms with van der Waals surface area (Å²) in [7, 11) is 1.47. The number of carboxylic acids is 1. The minimum Gasteiger partial charge on any atom is -0.495 e. The Balaban J connectivity index is 2.22. The van der Waals surface area contributed by atoms with Crippen LogP contribution in [0, 0.1) is 0 Å². The van der Waals surface area contributed by atoms with Crippen LogP contribution in [-0.4, -0.2) is 28.2 Å². The van der Waals surface area contributed by atoms with Crippen molar-refractivity contribution in [3.8, 4) is 16.2 Å². The van der Waals surface area contributed by atoms with E-state index in [1.54, 1.807) is 12.3 Å². The highest BCUT2D eigenvalue weighted by atomic mass is 32.1. The zero-order chi connectivity index (χ0) is 13.4. The zero-order valence-electron chi connectivity index (χ0n) is 10.0. The number of fused-ring (bicyclic) bond motifs is 1. The second kappa shape index (κ2) is 4.40. The minimum absolute atomic E-state index is 0.206. The van der Waals surface area contributed by atoms with E-state index in [4.69, 9.17) is 9.84 Å². The first-order valence-electron chi connectivity index (χ1n) is 5.54. The summed E-state index contributed by atoms with van der Waals surface area (Å²) in [5, 5.41) is 10.1. The molecule has 0 atom stereocenters. The van der Waals surface area contributed by atoms with Gasteiger partial charge in [0.25, 0.3) is 0 Å². The number of hydrogen-bond donors (Lipinski definition) is 2. The number of thiophene rings is 1. The maximum Gasteiger partial charge on any atom is 0.349 e. The lowest BCUT2D eigenvalue weighted by molar-refractivity contribution is 0.0699. The van der Waals surface area contributed by atoms with Crippen molar-refractivity contribution in [2.24, 2.45) is 0 Å². The van der Waals surface area contributed by atoms with Gasteiger partial charge in [-0.15, -0.1) is 11.3 Å². The Bertz CT molecular complexity index is 760. The molecule has 0 spiro atoms. The SMILES string of the molecule is COc1cc(-c2ccnc3[nH]ccc23)sc1C(=O)O. The first-order chi connectivity index (χ1) is 9.20. The van der Waals surface area contributed by atoms with Crippen LogP contribution in [0.25, 0.3) is 21.5 Å². The fraction of sp³-hybridized carbons (Fsp3) is 0.0769. The molecule has 0 aliphatic carbocycles. The third kappa shape index (κ3) is 1.86. The third-order valence-electron chi connectivity index (χ3n) is 2.84. The number of pyridine rings is 1. The Hall–Kier alpha value is -2.34. The Morgan fingerprint density at radius 3 is 3.00 bits per heavy atom. The third-order valence-corrected chi connectivity index (χ3v) is 3.98. The number of aromatic amines is 1. The summed E-state index contributed by atoms with van der Waals surface area (Å²) in [5.41, 5.74) is 1.73. The highest BCUT2D eigenvalue weighted by Gasteiger charge is 2.18. The summed E-state index contributed by atoms with van der Waals surface area (Å²) in [6, 6.07) is 5.53. The molecule has 0 saturated heterocycles. The van der Waals surface area contributed by atoms with Crippen molar-refractivity contribution in [3.63, 3.8) is 0 Å².